The molecule has 1 N–H and O–H groups in total. The Kier molecular flexibility index (Phi) is 12.2. The van der Waals surface area contributed by atoms with E-state index in [2.05, 4.69) is 37.9 Å². The summed E-state index contributed by atoms with van der Waals surface area (Å²) < 4.78 is 19.2. The predicted molar refractivity (Wildman–Crippen MR) is 123 cm³/mol. The van der Waals surface area contributed by atoms with Crippen molar-refractivity contribution in [2.24, 2.45) is 11.8 Å². The first-order chi connectivity index (χ1) is 13.3. The van der Waals surface area contributed by atoms with Crippen molar-refractivity contribution < 1.29 is 14.6 Å². The molecule has 0 amide bonds. The van der Waals surface area contributed by atoms with Gasteiger partial charge in [-0.1, -0.05) is 0 Å². The zero-order chi connectivity index (χ0) is 21.2. The van der Waals surface area contributed by atoms with Gasteiger partial charge in [0.15, 0.2) is 0 Å². The third-order valence-corrected chi connectivity index (χ3v) is 21.4. The first kappa shape index (κ1) is 26.5. The Bertz CT molecular complexity index is 431. The molecule has 0 saturated carbocycles. The molecule has 0 aromatic heterocycles. The maximum atomic E-state index is 10.7. The van der Waals surface area contributed by atoms with E-state index in [1.54, 1.807) is 7.11 Å². The summed E-state index contributed by atoms with van der Waals surface area (Å²) in [6, 6.07) is 0. The van der Waals surface area contributed by atoms with E-state index in [1.165, 1.54) is 51.8 Å². The number of ether oxygens (including phenoxy) is 2. The van der Waals surface area contributed by atoms with Crippen LogP contribution >= 0.6 is 0 Å². The molecule has 0 spiro atoms. The molecule has 4 heteroatoms. The molecule has 0 radical (unpaired) electrons. The molecule has 0 unspecified atom stereocenters. The normalized spacial score (nSPS) is 31.6. The van der Waals surface area contributed by atoms with Crippen molar-refractivity contribution in [1.29, 1.82) is 0 Å². The fourth-order valence-corrected chi connectivity index (χ4v) is 19.1. The fraction of sp³-hybridized carbons (Fsp3) is 0.917. The summed E-state index contributed by atoms with van der Waals surface area (Å²) in [5, 5.41) is 10.7. The van der Waals surface area contributed by atoms with Gasteiger partial charge in [0, 0.05) is 0 Å². The Labute approximate surface area is 179 Å². The van der Waals surface area contributed by atoms with Crippen LogP contribution in [-0.2, 0) is 9.47 Å². The van der Waals surface area contributed by atoms with Crippen LogP contribution in [0.2, 0.25) is 13.3 Å². The van der Waals surface area contributed by atoms with E-state index in [-0.39, 0.29) is 24.0 Å². The summed E-state index contributed by atoms with van der Waals surface area (Å²) in [7, 11) is 1.69. The molecular weight excluding hydrogens is 455 g/mol. The van der Waals surface area contributed by atoms with Crippen molar-refractivity contribution in [1.82, 2.24) is 0 Å². The number of unbranched alkanes of at least 4 members (excludes halogenated alkanes) is 3. The van der Waals surface area contributed by atoms with Gasteiger partial charge in [0.25, 0.3) is 0 Å². The van der Waals surface area contributed by atoms with Crippen molar-refractivity contribution in [3.8, 4) is 0 Å². The van der Waals surface area contributed by atoms with Gasteiger partial charge in [-0.2, -0.15) is 0 Å². The van der Waals surface area contributed by atoms with Gasteiger partial charge in [-0.25, -0.2) is 0 Å². The third kappa shape index (κ3) is 7.28. The van der Waals surface area contributed by atoms with Crippen LogP contribution in [0.15, 0.2) is 10.2 Å². The monoisotopic (exact) mass is 504 g/mol. The molecule has 0 bridgehead atoms. The maximum absolute atomic E-state index is 10.7. The van der Waals surface area contributed by atoms with Crippen LogP contribution in [0.25, 0.3) is 0 Å². The molecule has 0 aromatic rings. The molecule has 0 aliphatic carbocycles. The quantitative estimate of drug-likeness (QED) is 0.284. The van der Waals surface area contributed by atoms with Gasteiger partial charge < -0.3 is 0 Å². The molecule has 1 aliphatic heterocycles. The number of rotatable bonds is 13. The Balaban J connectivity index is 2.91. The summed E-state index contributed by atoms with van der Waals surface area (Å²) in [5.41, 5.74) is 0. The van der Waals surface area contributed by atoms with Crippen molar-refractivity contribution in [2.75, 3.05) is 7.11 Å². The fourth-order valence-electron chi connectivity index (χ4n) is 4.66. The third-order valence-electron chi connectivity index (χ3n) is 7.18. The SMILES string of the molecule is CCC[CH2][Sn](/[CH]=C/C[C@H]1O[C@](C)(OC)[C@H](C)[C@@H](O)[C@H]1C)([CH2]CCC)[CH2]CCC. The first-order valence-corrected chi connectivity index (χ1v) is 19.6. The van der Waals surface area contributed by atoms with Crippen LogP contribution in [0, 0.1) is 11.8 Å². The molecule has 3 nitrogen and oxygen atoms in total. The molecule has 28 heavy (non-hydrogen) atoms. The Hall–Kier alpha value is 0.419. The van der Waals surface area contributed by atoms with Gasteiger partial charge in [-0.15, -0.1) is 0 Å². The van der Waals surface area contributed by atoms with E-state index >= 15 is 0 Å². The number of methoxy groups -OCH3 is 1. The van der Waals surface area contributed by atoms with Crippen molar-refractivity contribution >= 4 is 18.4 Å². The van der Waals surface area contributed by atoms with Crippen LogP contribution in [-0.4, -0.2) is 48.6 Å². The van der Waals surface area contributed by atoms with Gasteiger partial charge in [0.05, 0.1) is 0 Å². The molecule has 166 valence electrons. The van der Waals surface area contributed by atoms with Gasteiger partial charge >= 0.3 is 180 Å². The zero-order valence-electron chi connectivity index (χ0n) is 19.8. The summed E-state index contributed by atoms with van der Waals surface area (Å²) in [5.74, 6) is -0.587. The summed E-state index contributed by atoms with van der Waals surface area (Å²) in [6.07, 6.45) is 11.1. The molecule has 1 saturated heterocycles. The number of aliphatic hydroxyl groups excluding tert-OH is 1. The average Bonchev–Trinajstić information content (AvgIpc) is 2.70. The van der Waals surface area contributed by atoms with Crippen LogP contribution in [0.5, 0.6) is 0 Å². The van der Waals surface area contributed by atoms with Crippen LogP contribution in [0.4, 0.5) is 0 Å². The molecule has 1 aliphatic rings. The second kappa shape index (κ2) is 13.0. The zero-order valence-corrected chi connectivity index (χ0v) is 22.7. The number of hydrogen-bond donors (Lipinski definition) is 1. The average molecular weight is 503 g/mol. The van der Waals surface area contributed by atoms with Crippen molar-refractivity contribution in [3.05, 3.63) is 10.2 Å². The number of hydrogen-bond acceptors (Lipinski definition) is 3. The Morgan fingerprint density at radius 3 is 1.93 bits per heavy atom. The van der Waals surface area contributed by atoms with Crippen LogP contribution in [0.3, 0.4) is 0 Å². The van der Waals surface area contributed by atoms with Crippen LogP contribution in [0.1, 0.15) is 86.5 Å². The topological polar surface area (TPSA) is 38.7 Å². The first-order valence-electron chi connectivity index (χ1n) is 11.9. The van der Waals surface area contributed by atoms with Gasteiger partial charge in [-0.05, 0) is 0 Å². The minimum absolute atomic E-state index is 0.0235. The van der Waals surface area contributed by atoms with Crippen LogP contribution < -0.4 is 0 Å². The molecule has 0 aromatic carbocycles. The molecule has 1 heterocycles. The van der Waals surface area contributed by atoms with E-state index in [1.807, 2.05) is 13.8 Å². The predicted octanol–water partition coefficient (Wildman–Crippen LogP) is 6.72. The second-order valence-electron chi connectivity index (χ2n) is 9.33. The van der Waals surface area contributed by atoms with Crippen molar-refractivity contribution in [2.45, 2.75) is 118 Å². The number of aliphatic hydroxyl groups is 1. The summed E-state index contributed by atoms with van der Waals surface area (Å²) in [6.45, 7) is 13.1. The molecule has 5 atom stereocenters. The molecule has 1 rings (SSSR count). The second-order valence-corrected chi connectivity index (χ2v) is 22.3. The van der Waals surface area contributed by atoms with E-state index < -0.39 is 24.2 Å². The summed E-state index contributed by atoms with van der Waals surface area (Å²) in [4.78, 5) is 0. The van der Waals surface area contributed by atoms with E-state index in [0.29, 0.717) is 0 Å². The Morgan fingerprint density at radius 2 is 1.50 bits per heavy atom. The minimum atomic E-state index is -2.24. The van der Waals surface area contributed by atoms with E-state index in [4.69, 9.17) is 9.47 Å². The van der Waals surface area contributed by atoms with Gasteiger partial charge in [0.2, 0.25) is 0 Å². The van der Waals surface area contributed by atoms with Gasteiger partial charge in [-0.3, -0.25) is 0 Å². The Morgan fingerprint density at radius 1 is 1.00 bits per heavy atom. The standard InChI is InChI=1S/C12H21O3.3C4H9.Sn/c1-6-7-10-8(2)11(13)9(3)12(4,14-5)15-10;3*1-3-4-2;/h1,6,8-11,13H,7H2,2-5H3;3*1,3-4H2,2H3;/t8-,9+,10+,11-,12-;;;;/m0..../s1. The molecular formula is C24H48O3Sn. The molecule has 1 fully saturated rings. The van der Waals surface area contributed by atoms with E-state index in [9.17, 15) is 5.11 Å². The van der Waals surface area contributed by atoms with Gasteiger partial charge in [0.1, 0.15) is 0 Å². The summed E-state index contributed by atoms with van der Waals surface area (Å²) >= 11 is -2.24. The van der Waals surface area contributed by atoms with Crippen molar-refractivity contribution in [3.63, 3.8) is 0 Å². The van der Waals surface area contributed by atoms with E-state index in [0.717, 1.165) is 6.42 Å².